The van der Waals surface area contributed by atoms with Crippen molar-refractivity contribution in [2.24, 2.45) is 5.73 Å². The summed E-state index contributed by atoms with van der Waals surface area (Å²) in [7, 11) is 0. The second-order valence-electron chi connectivity index (χ2n) is 6.43. The van der Waals surface area contributed by atoms with E-state index in [0.717, 1.165) is 6.42 Å². The third kappa shape index (κ3) is 2.46. The Bertz CT molecular complexity index is 394. The minimum Gasteiger partial charge on any atom is -0.325 e. The molecule has 2 N–H and O–H groups in total. The van der Waals surface area contributed by atoms with Crippen molar-refractivity contribution in [1.29, 1.82) is 0 Å². The van der Waals surface area contributed by atoms with Crippen molar-refractivity contribution in [2.45, 2.75) is 57.9 Å². The van der Waals surface area contributed by atoms with Crippen LogP contribution in [-0.2, 0) is 11.8 Å². The van der Waals surface area contributed by atoms with Crippen LogP contribution >= 0.6 is 0 Å². The quantitative estimate of drug-likeness (QED) is 0.808. The Balaban J connectivity index is 2.29. The summed E-state index contributed by atoms with van der Waals surface area (Å²) in [5.74, 6) is 0. The van der Waals surface area contributed by atoms with Gasteiger partial charge in [0.25, 0.3) is 0 Å². The summed E-state index contributed by atoms with van der Waals surface area (Å²) < 4.78 is 0. The molecule has 1 nitrogen and oxygen atoms in total. The number of hydrogen-bond donors (Lipinski definition) is 1. The Kier molecular flexibility index (Phi) is 2.62. The van der Waals surface area contributed by atoms with Gasteiger partial charge >= 0.3 is 0 Å². The molecule has 88 valence electrons. The molecule has 0 amide bonds. The van der Waals surface area contributed by atoms with Crippen molar-refractivity contribution in [3.8, 4) is 0 Å². The van der Waals surface area contributed by atoms with Gasteiger partial charge in [0.05, 0.1) is 0 Å². The first-order chi connectivity index (χ1) is 7.30. The number of hydrogen-bond acceptors (Lipinski definition) is 1. The highest BCUT2D eigenvalue weighted by Crippen LogP contribution is 2.37. The fraction of sp³-hybridized carbons (Fsp3) is 0.600. The molecule has 16 heavy (non-hydrogen) atoms. The van der Waals surface area contributed by atoms with Crippen LogP contribution in [0.2, 0.25) is 0 Å². The zero-order valence-corrected chi connectivity index (χ0v) is 10.9. The number of aryl methyl sites for hydroxylation is 1. The van der Waals surface area contributed by atoms with E-state index in [1.54, 1.807) is 0 Å². The van der Waals surface area contributed by atoms with Crippen LogP contribution in [0.3, 0.4) is 0 Å². The van der Waals surface area contributed by atoms with Crippen molar-refractivity contribution in [3.63, 3.8) is 0 Å². The van der Waals surface area contributed by atoms with Crippen LogP contribution in [0.1, 0.15) is 50.3 Å². The third-order valence-corrected chi connectivity index (χ3v) is 3.65. The van der Waals surface area contributed by atoms with Crippen molar-refractivity contribution in [1.82, 2.24) is 0 Å². The van der Waals surface area contributed by atoms with Gasteiger partial charge in [-0.15, -0.1) is 0 Å². The average molecular weight is 217 g/mol. The normalized spacial score (nSPS) is 18.6. The third-order valence-electron chi connectivity index (χ3n) is 3.65. The van der Waals surface area contributed by atoms with Crippen molar-refractivity contribution < 1.29 is 0 Å². The molecular weight excluding hydrogens is 194 g/mol. The molecule has 0 atom stereocenters. The van der Waals surface area contributed by atoms with Crippen LogP contribution in [0.5, 0.6) is 0 Å². The van der Waals surface area contributed by atoms with E-state index in [1.807, 2.05) is 0 Å². The van der Waals surface area contributed by atoms with Gasteiger partial charge in [-0.2, -0.15) is 0 Å². The monoisotopic (exact) mass is 217 g/mol. The van der Waals surface area contributed by atoms with Gasteiger partial charge in [-0.3, -0.25) is 0 Å². The Morgan fingerprint density at radius 1 is 1.25 bits per heavy atom. The van der Waals surface area contributed by atoms with E-state index >= 15 is 0 Å². The molecule has 0 heterocycles. The molecule has 1 heteroatoms. The van der Waals surface area contributed by atoms with E-state index in [9.17, 15) is 0 Å². The van der Waals surface area contributed by atoms with E-state index in [2.05, 4.69) is 45.9 Å². The summed E-state index contributed by atoms with van der Waals surface area (Å²) in [6.45, 7) is 8.97. The van der Waals surface area contributed by atoms with Crippen LogP contribution in [0, 0.1) is 6.92 Å². The van der Waals surface area contributed by atoms with Crippen LogP contribution in [0.4, 0.5) is 0 Å². The molecule has 0 radical (unpaired) electrons. The summed E-state index contributed by atoms with van der Waals surface area (Å²) in [5, 5.41) is 0. The van der Waals surface area contributed by atoms with Gasteiger partial charge in [0.1, 0.15) is 0 Å². The molecule has 0 aromatic heterocycles. The van der Waals surface area contributed by atoms with Gasteiger partial charge in [0.2, 0.25) is 0 Å². The van der Waals surface area contributed by atoms with E-state index in [0.29, 0.717) is 0 Å². The van der Waals surface area contributed by atoms with Crippen LogP contribution < -0.4 is 5.73 Å². The van der Waals surface area contributed by atoms with Crippen molar-refractivity contribution >= 4 is 0 Å². The van der Waals surface area contributed by atoms with Gasteiger partial charge in [-0.1, -0.05) is 39.0 Å². The maximum Gasteiger partial charge on any atom is 0.0196 e. The molecule has 1 aliphatic rings. The first-order valence-electron chi connectivity index (χ1n) is 6.19. The second kappa shape index (κ2) is 3.59. The summed E-state index contributed by atoms with van der Waals surface area (Å²) in [6, 6.07) is 6.83. The second-order valence-corrected chi connectivity index (χ2v) is 6.43. The SMILES string of the molecule is Cc1ccc(C(C)(C)C)cc1CC1(N)CC1. The van der Waals surface area contributed by atoms with Gasteiger partial charge < -0.3 is 5.73 Å². The molecule has 0 bridgehead atoms. The van der Waals surface area contributed by atoms with Crippen LogP contribution in [-0.4, -0.2) is 5.54 Å². The van der Waals surface area contributed by atoms with Crippen molar-refractivity contribution in [3.05, 3.63) is 34.9 Å². The fourth-order valence-electron chi connectivity index (χ4n) is 2.05. The maximum absolute atomic E-state index is 6.21. The standard InChI is InChI=1S/C15H23N/c1-11-5-6-13(14(2,3)4)9-12(11)10-15(16)7-8-15/h5-6,9H,7-8,10,16H2,1-4H3. The molecule has 2 rings (SSSR count). The molecular formula is C15H23N. The lowest BCUT2D eigenvalue weighted by atomic mass is 9.84. The highest BCUT2D eigenvalue weighted by molar-refractivity contribution is 5.36. The number of nitrogens with two attached hydrogens (primary N) is 1. The predicted octanol–water partition coefficient (Wildman–Crippen LogP) is 3.33. The molecule has 1 aliphatic carbocycles. The molecule has 0 spiro atoms. The minimum absolute atomic E-state index is 0.112. The molecule has 0 saturated heterocycles. The first-order valence-corrected chi connectivity index (χ1v) is 6.19. The molecule has 1 aromatic rings. The highest BCUT2D eigenvalue weighted by atomic mass is 14.8. The molecule has 0 unspecified atom stereocenters. The van der Waals surface area contributed by atoms with Gasteiger partial charge in [-0.05, 0) is 48.3 Å². The maximum atomic E-state index is 6.21. The average Bonchev–Trinajstić information content (AvgIpc) is 2.86. The van der Waals surface area contributed by atoms with Gasteiger partial charge in [0, 0.05) is 5.54 Å². The lowest BCUT2D eigenvalue weighted by molar-refractivity contribution is 0.586. The van der Waals surface area contributed by atoms with Crippen LogP contribution in [0.15, 0.2) is 18.2 Å². The lowest BCUT2D eigenvalue weighted by Crippen LogP contribution is -2.25. The highest BCUT2D eigenvalue weighted by Gasteiger charge is 2.38. The van der Waals surface area contributed by atoms with Crippen LogP contribution in [0.25, 0.3) is 0 Å². The van der Waals surface area contributed by atoms with Crippen molar-refractivity contribution in [2.75, 3.05) is 0 Å². The summed E-state index contributed by atoms with van der Waals surface area (Å²) in [4.78, 5) is 0. The molecule has 1 aromatic carbocycles. The first kappa shape index (κ1) is 11.7. The summed E-state index contributed by atoms with van der Waals surface area (Å²) in [6.07, 6.45) is 3.42. The van der Waals surface area contributed by atoms with E-state index in [1.165, 1.54) is 29.5 Å². The topological polar surface area (TPSA) is 26.0 Å². The van der Waals surface area contributed by atoms with E-state index < -0.39 is 0 Å². The fourth-order valence-corrected chi connectivity index (χ4v) is 2.05. The van der Waals surface area contributed by atoms with Gasteiger partial charge in [0.15, 0.2) is 0 Å². The molecule has 0 aliphatic heterocycles. The lowest BCUT2D eigenvalue weighted by Gasteiger charge is -2.21. The predicted molar refractivity (Wildman–Crippen MR) is 69.7 cm³/mol. The molecule has 1 fully saturated rings. The smallest absolute Gasteiger partial charge is 0.0196 e. The Hall–Kier alpha value is -0.820. The number of benzene rings is 1. The van der Waals surface area contributed by atoms with E-state index in [-0.39, 0.29) is 11.0 Å². The van der Waals surface area contributed by atoms with Gasteiger partial charge in [-0.25, -0.2) is 0 Å². The summed E-state index contributed by atoms with van der Waals surface area (Å²) in [5.41, 5.74) is 10.8. The zero-order valence-electron chi connectivity index (χ0n) is 10.9. The largest absolute Gasteiger partial charge is 0.325 e. The number of rotatable bonds is 2. The Labute approximate surface area is 99.0 Å². The molecule has 1 saturated carbocycles. The zero-order chi connectivity index (χ0) is 12.0. The minimum atomic E-state index is 0.112. The Morgan fingerprint density at radius 3 is 2.38 bits per heavy atom. The Morgan fingerprint density at radius 2 is 1.88 bits per heavy atom. The summed E-state index contributed by atoms with van der Waals surface area (Å²) >= 11 is 0. The van der Waals surface area contributed by atoms with E-state index in [4.69, 9.17) is 5.73 Å².